The van der Waals surface area contributed by atoms with Crippen LogP contribution in [0.3, 0.4) is 0 Å². The highest BCUT2D eigenvalue weighted by Gasteiger charge is 2.42. The second kappa shape index (κ2) is 6.03. The number of fused-ring (bicyclic) bond motifs is 1. The molecule has 0 aromatic carbocycles. The van der Waals surface area contributed by atoms with E-state index >= 15 is 0 Å². The van der Waals surface area contributed by atoms with Crippen molar-refractivity contribution in [2.75, 3.05) is 13.1 Å². The molecular weight excluding hydrogens is 260 g/mol. The molecular formula is C17H28N4. The molecule has 0 radical (unpaired) electrons. The van der Waals surface area contributed by atoms with Crippen LogP contribution < -0.4 is 11.3 Å². The second-order valence-electron chi connectivity index (χ2n) is 7.04. The summed E-state index contributed by atoms with van der Waals surface area (Å²) in [6.45, 7) is 7.05. The third kappa shape index (κ3) is 2.72. The van der Waals surface area contributed by atoms with Crippen LogP contribution in [-0.4, -0.2) is 34.6 Å². The molecule has 3 N–H and O–H groups in total. The van der Waals surface area contributed by atoms with Gasteiger partial charge in [-0.2, -0.15) is 0 Å². The number of nitrogens with zero attached hydrogens (tertiary/aromatic N) is 2. The fraction of sp³-hybridized carbons (Fsp3) is 0.706. The maximum atomic E-state index is 6.00. The van der Waals surface area contributed by atoms with E-state index in [0.717, 1.165) is 12.8 Å². The SMILES string of the molecule is CC(C)(C(NN)C1CCc2cccnc21)N1CCCCC1. The zero-order valence-corrected chi connectivity index (χ0v) is 13.3. The number of piperidine rings is 1. The Kier molecular flexibility index (Phi) is 4.29. The molecule has 1 aromatic heterocycles. The lowest BCUT2D eigenvalue weighted by Crippen LogP contribution is -2.62. The van der Waals surface area contributed by atoms with Crippen molar-refractivity contribution in [3.63, 3.8) is 0 Å². The Balaban J connectivity index is 1.84. The highest BCUT2D eigenvalue weighted by atomic mass is 15.3. The van der Waals surface area contributed by atoms with Crippen molar-refractivity contribution in [1.82, 2.24) is 15.3 Å². The Morgan fingerprint density at radius 2 is 2.10 bits per heavy atom. The van der Waals surface area contributed by atoms with Crippen molar-refractivity contribution in [2.45, 2.75) is 63.5 Å². The van der Waals surface area contributed by atoms with Gasteiger partial charge in [-0.25, -0.2) is 0 Å². The van der Waals surface area contributed by atoms with Crippen molar-refractivity contribution in [2.24, 2.45) is 5.84 Å². The molecule has 0 amide bonds. The summed E-state index contributed by atoms with van der Waals surface area (Å²) in [4.78, 5) is 7.27. The van der Waals surface area contributed by atoms with Crippen molar-refractivity contribution in [3.05, 3.63) is 29.6 Å². The van der Waals surface area contributed by atoms with E-state index in [-0.39, 0.29) is 11.6 Å². The Morgan fingerprint density at radius 3 is 2.81 bits per heavy atom. The van der Waals surface area contributed by atoms with Gasteiger partial charge in [0.15, 0.2) is 0 Å². The first-order valence-electron chi connectivity index (χ1n) is 8.29. The normalized spacial score (nSPS) is 24.8. The number of aromatic nitrogens is 1. The average molecular weight is 288 g/mol. The molecule has 0 saturated carbocycles. The Morgan fingerprint density at radius 1 is 1.33 bits per heavy atom. The van der Waals surface area contributed by atoms with E-state index in [1.165, 1.54) is 43.6 Å². The summed E-state index contributed by atoms with van der Waals surface area (Å²) in [5, 5.41) is 0. The first-order chi connectivity index (χ1) is 10.1. The molecule has 1 aromatic rings. The molecule has 2 unspecified atom stereocenters. The van der Waals surface area contributed by atoms with Gasteiger partial charge in [0, 0.05) is 29.4 Å². The van der Waals surface area contributed by atoms with E-state index in [0.29, 0.717) is 5.92 Å². The summed E-state index contributed by atoms with van der Waals surface area (Å²) < 4.78 is 0. The minimum Gasteiger partial charge on any atom is -0.297 e. The summed E-state index contributed by atoms with van der Waals surface area (Å²) >= 11 is 0. The summed E-state index contributed by atoms with van der Waals surface area (Å²) in [5.41, 5.74) is 5.85. The Labute approximate surface area is 128 Å². The van der Waals surface area contributed by atoms with Gasteiger partial charge in [0.2, 0.25) is 0 Å². The molecule has 0 spiro atoms. The Bertz CT molecular complexity index is 479. The molecule has 2 heterocycles. The number of pyridine rings is 1. The van der Waals surface area contributed by atoms with Crippen LogP contribution in [0, 0.1) is 0 Å². The van der Waals surface area contributed by atoms with E-state index in [2.05, 4.69) is 35.2 Å². The van der Waals surface area contributed by atoms with Gasteiger partial charge in [-0.15, -0.1) is 0 Å². The monoisotopic (exact) mass is 288 g/mol. The van der Waals surface area contributed by atoms with E-state index in [1.54, 1.807) is 0 Å². The van der Waals surface area contributed by atoms with Gasteiger partial charge in [-0.1, -0.05) is 12.5 Å². The van der Waals surface area contributed by atoms with Gasteiger partial charge < -0.3 is 0 Å². The number of hydrogen-bond acceptors (Lipinski definition) is 4. The first-order valence-corrected chi connectivity index (χ1v) is 8.29. The third-order valence-corrected chi connectivity index (χ3v) is 5.52. The van der Waals surface area contributed by atoms with Gasteiger partial charge >= 0.3 is 0 Å². The number of nitrogens with one attached hydrogen (secondary N) is 1. The van der Waals surface area contributed by atoms with Gasteiger partial charge in [-0.3, -0.25) is 21.2 Å². The van der Waals surface area contributed by atoms with Gasteiger partial charge in [0.1, 0.15) is 0 Å². The molecule has 1 aliphatic carbocycles. The van der Waals surface area contributed by atoms with Crippen LogP contribution in [0.25, 0.3) is 0 Å². The molecule has 21 heavy (non-hydrogen) atoms. The van der Waals surface area contributed by atoms with Gasteiger partial charge in [-0.05, 0) is 64.3 Å². The van der Waals surface area contributed by atoms with Crippen LogP contribution in [0.15, 0.2) is 18.3 Å². The fourth-order valence-corrected chi connectivity index (χ4v) is 4.25. The molecule has 1 aliphatic heterocycles. The molecule has 4 nitrogen and oxygen atoms in total. The molecule has 3 rings (SSSR count). The average Bonchev–Trinajstić information content (AvgIpc) is 2.93. The van der Waals surface area contributed by atoms with E-state index in [9.17, 15) is 0 Å². The zero-order valence-electron chi connectivity index (χ0n) is 13.3. The standard InChI is InChI=1S/C17H28N4/c1-17(2,21-11-4-3-5-12-21)16(20-18)14-9-8-13-7-6-10-19-15(13)14/h6-7,10,14,16,20H,3-5,8-9,11-12,18H2,1-2H3. The second-order valence-corrected chi connectivity index (χ2v) is 7.04. The minimum atomic E-state index is 0.0545. The van der Waals surface area contributed by atoms with E-state index < -0.39 is 0 Å². The van der Waals surface area contributed by atoms with Crippen molar-refractivity contribution in [1.29, 1.82) is 0 Å². The lowest BCUT2D eigenvalue weighted by molar-refractivity contribution is 0.0512. The number of aryl methyl sites for hydroxylation is 1. The van der Waals surface area contributed by atoms with Gasteiger partial charge in [0.25, 0.3) is 0 Å². The molecule has 2 aliphatic rings. The van der Waals surface area contributed by atoms with Gasteiger partial charge in [0.05, 0.1) is 0 Å². The van der Waals surface area contributed by atoms with Crippen molar-refractivity contribution < 1.29 is 0 Å². The lowest BCUT2D eigenvalue weighted by atomic mass is 9.81. The van der Waals surface area contributed by atoms with Crippen LogP contribution in [0.5, 0.6) is 0 Å². The molecule has 0 bridgehead atoms. The predicted molar refractivity (Wildman–Crippen MR) is 85.9 cm³/mol. The largest absolute Gasteiger partial charge is 0.297 e. The van der Waals surface area contributed by atoms with Crippen LogP contribution in [0.4, 0.5) is 0 Å². The number of nitrogens with two attached hydrogens (primary N) is 1. The van der Waals surface area contributed by atoms with E-state index in [1.807, 2.05) is 12.3 Å². The van der Waals surface area contributed by atoms with Crippen molar-refractivity contribution >= 4 is 0 Å². The molecule has 2 atom stereocenters. The molecule has 4 heteroatoms. The van der Waals surface area contributed by atoms with Crippen LogP contribution in [0.2, 0.25) is 0 Å². The van der Waals surface area contributed by atoms with Crippen LogP contribution >= 0.6 is 0 Å². The summed E-state index contributed by atoms with van der Waals surface area (Å²) in [5.74, 6) is 6.42. The molecule has 116 valence electrons. The summed E-state index contributed by atoms with van der Waals surface area (Å²) in [6, 6.07) is 4.50. The smallest absolute Gasteiger partial charge is 0.0483 e. The van der Waals surface area contributed by atoms with Crippen LogP contribution in [-0.2, 0) is 6.42 Å². The number of hydrogen-bond donors (Lipinski definition) is 2. The van der Waals surface area contributed by atoms with E-state index in [4.69, 9.17) is 5.84 Å². The Hall–Kier alpha value is -0.970. The summed E-state index contributed by atoms with van der Waals surface area (Å²) in [7, 11) is 0. The van der Waals surface area contributed by atoms with Crippen LogP contribution in [0.1, 0.15) is 56.7 Å². The number of likely N-dealkylation sites (tertiary alicyclic amines) is 1. The maximum Gasteiger partial charge on any atom is 0.0483 e. The maximum absolute atomic E-state index is 6.00. The highest BCUT2D eigenvalue weighted by molar-refractivity contribution is 5.31. The quantitative estimate of drug-likeness (QED) is 0.659. The number of rotatable bonds is 4. The molecule has 1 saturated heterocycles. The highest BCUT2D eigenvalue weighted by Crippen LogP contribution is 2.39. The number of hydrazine groups is 1. The predicted octanol–water partition coefficient (Wildman–Crippen LogP) is 2.21. The zero-order chi connectivity index (χ0) is 14.9. The lowest BCUT2D eigenvalue weighted by Gasteiger charge is -2.47. The van der Waals surface area contributed by atoms with Crippen molar-refractivity contribution in [3.8, 4) is 0 Å². The fourth-order valence-electron chi connectivity index (χ4n) is 4.25. The minimum absolute atomic E-state index is 0.0545. The summed E-state index contributed by atoms with van der Waals surface area (Å²) in [6.07, 6.45) is 8.17. The first kappa shape index (κ1) is 14.9. The topological polar surface area (TPSA) is 54.2 Å². The third-order valence-electron chi connectivity index (χ3n) is 5.52. The molecule has 1 fully saturated rings.